The zero-order valence-corrected chi connectivity index (χ0v) is 19.3. The maximum absolute atomic E-state index is 12.3. The third kappa shape index (κ3) is 5.44. The molecule has 5 heteroatoms. The van der Waals surface area contributed by atoms with E-state index in [9.17, 15) is 4.79 Å². The van der Waals surface area contributed by atoms with Crippen molar-refractivity contribution in [1.29, 1.82) is 0 Å². The Morgan fingerprint density at radius 2 is 1.32 bits per heavy atom. The Labute approximate surface area is 153 Å². The zero-order chi connectivity index (χ0) is 17.1. The molecule has 120 valence electrons. The second-order valence-corrected chi connectivity index (χ2v) is 19.0. The second-order valence-electron chi connectivity index (χ2n) is 7.43. The molecule has 0 aliphatic heterocycles. The zero-order valence-electron chi connectivity index (χ0n) is 14.1. The summed E-state index contributed by atoms with van der Waals surface area (Å²) in [5, 5.41) is 2.24. The van der Waals surface area contributed by atoms with Gasteiger partial charge in [-0.3, -0.25) is 4.79 Å². The molecular formula is C17H24Br2OSi2. The van der Waals surface area contributed by atoms with Gasteiger partial charge in [-0.1, -0.05) is 85.5 Å². The van der Waals surface area contributed by atoms with Crippen LogP contribution in [0, 0.1) is 0 Å². The molecule has 1 aromatic carbocycles. The summed E-state index contributed by atoms with van der Waals surface area (Å²) in [4.78, 5) is 12.3. The molecule has 0 N–H and O–H groups in total. The average molecular weight is 460 g/mol. The fraction of sp³-hybridized carbons (Fsp3) is 0.353. The Morgan fingerprint density at radius 1 is 0.864 bits per heavy atom. The van der Waals surface area contributed by atoms with Crippen molar-refractivity contribution < 1.29 is 4.79 Å². The lowest BCUT2D eigenvalue weighted by molar-refractivity contribution is -0.106. The monoisotopic (exact) mass is 458 g/mol. The van der Waals surface area contributed by atoms with E-state index in [0.717, 1.165) is 15.2 Å². The molecule has 0 aliphatic carbocycles. The predicted molar refractivity (Wildman–Crippen MR) is 111 cm³/mol. The SMILES string of the molecule is C[Si](C)(C)/C(C(=O)Br)=C(\C(Br)=C\c1ccccc1)[Si](C)(C)C. The number of allylic oxidation sites excluding steroid dienone is 3. The predicted octanol–water partition coefficient (Wildman–Crippen LogP) is 6.40. The maximum Gasteiger partial charge on any atom is 0.219 e. The Morgan fingerprint density at radius 3 is 1.68 bits per heavy atom. The number of benzene rings is 1. The first-order chi connectivity index (χ1) is 9.94. The summed E-state index contributed by atoms with van der Waals surface area (Å²) in [6, 6.07) is 10.2. The molecule has 0 spiro atoms. The molecule has 0 atom stereocenters. The minimum absolute atomic E-state index is 0.0440. The van der Waals surface area contributed by atoms with Crippen molar-refractivity contribution in [2.75, 3.05) is 0 Å². The van der Waals surface area contributed by atoms with Crippen LogP contribution in [0.1, 0.15) is 5.56 Å². The molecule has 0 saturated carbocycles. The summed E-state index contributed by atoms with van der Waals surface area (Å²) < 4.78 is 1.09. The second kappa shape index (κ2) is 7.56. The number of carbonyl (C=O) groups excluding carboxylic acids is 1. The fourth-order valence-electron chi connectivity index (χ4n) is 2.39. The molecule has 1 rings (SSSR count). The summed E-state index contributed by atoms with van der Waals surface area (Å²) in [6.45, 7) is 13.6. The van der Waals surface area contributed by atoms with Gasteiger partial charge in [-0.15, -0.1) is 0 Å². The first kappa shape index (κ1) is 19.8. The van der Waals surface area contributed by atoms with Gasteiger partial charge in [0, 0.05) is 4.48 Å². The topological polar surface area (TPSA) is 17.1 Å². The summed E-state index contributed by atoms with van der Waals surface area (Å²) in [7, 11) is -3.45. The van der Waals surface area contributed by atoms with E-state index in [1.54, 1.807) is 0 Å². The van der Waals surface area contributed by atoms with E-state index in [2.05, 4.69) is 89.4 Å². The summed E-state index contributed by atoms with van der Waals surface area (Å²) in [5.41, 5.74) is 1.14. The quantitative estimate of drug-likeness (QED) is 0.215. The van der Waals surface area contributed by atoms with Gasteiger partial charge in [0.05, 0.1) is 16.1 Å². The van der Waals surface area contributed by atoms with Crippen LogP contribution < -0.4 is 0 Å². The van der Waals surface area contributed by atoms with Crippen LogP contribution in [-0.2, 0) is 4.79 Å². The molecule has 0 radical (unpaired) electrons. The molecule has 0 heterocycles. The first-order valence-corrected chi connectivity index (χ1v) is 15.9. The number of hydrogen-bond acceptors (Lipinski definition) is 1. The Bertz CT molecular complexity index is 606. The third-order valence-corrected chi connectivity index (χ3v) is 9.28. The third-order valence-electron chi connectivity index (χ3n) is 3.28. The van der Waals surface area contributed by atoms with Gasteiger partial charge in [0.25, 0.3) is 0 Å². The Hall–Kier alpha value is -0.236. The standard InChI is InChI=1S/C17H24Br2OSi2/c1-21(2,3)15(16(17(19)20)22(4,5)6)14(18)12-13-10-8-7-9-11-13/h7-12H,1-6H3/b14-12-,16-15+. The van der Waals surface area contributed by atoms with Gasteiger partial charge in [-0.2, -0.15) is 0 Å². The van der Waals surface area contributed by atoms with Crippen molar-refractivity contribution in [1.82, 2.24) is 0 Å². The van der Waals surface area contributed by atoms with Crippen LogP contribution in [-0.4, -0.2) is 20.8 Å². The largest absolute Gasteiger partial charge is 0.282 e. The van der Waals surface area contributed by atoms with E-state index in [1.807, 2.05) is 18.2 Å². The Kier molecular flexibility index (Phi) is 6.80. The highest BCUT2D eigenvalue weighted by atomic mass is 79.9. The minimum Gasteiger partial charge on any atom is -0.282 e. The van der Waals surface area contributed by atoms with Gasteiger partial charge in [0.1, 0.15) is 0 Å². The lowest BCUT2D eigenvalue weighted by atomic mass is 10.2. The highest BCUT2D eigenvalue weighted by Gasteiger charge is 2.34. The summed E-state index contributed by atoms with van der Waals surface area (Å²) in [5.74, 6) is 0. The van der Waals surface area contributed by atoms with Gasteiger partial charge in [0.15, 0.2) is 0 Å². The molecular weight excluding hydrogens is 436 g/mol. The minimum atomic E-state index is -1.76. The van der Waals surface area contributed by atoms with E-state index in [-0.39, 0.29) is 4.69 Å². The number of carbonyl (C=O) groups is 1. The molecule has 0 aromatic heterocycles. The number of rotatable bonds is 5. The van der Waals surface area contributed by atoms with Crippen LogP contribution in [0.2, 0.25) is 39.3 Å². The van der Waals surface area contributed by atoms with Crippen molar-refractivity contribution in [2.24, 2.45) is 0 Å². The molecule has 0 unspecified atom stereocenters. The lowest BCUT2D eigenvalue weighted by Crippen LogP contribution is -2.36. The van der Waals surface area contributed by atoms with E-state index in [1.165, 1.54) is 5.20 Å². The molecule has 0 amide bonds. The van der Waals surface area contributed by atoms with E-state index >= 15 is 0 Å². The smallest absolute Gasteiger partial charge is 0.219 e. The van der Waals surface area contributed by atoms with Crippen molar-refractivity contribution in [3.63, 3.8) is 0 Å². The number of hydrogen-bond donors (Lipinski definition) is 0. The van der Waals surface area contributed by atoms with Crippen LogP contribution in [0.4, 0.5) is 0 Å². The molecule has 0 saturated heterocycles. The molecule has 22 heavy (non-hydrogen) atoms. The van der Waals surface area contributed by atoms with Crippen LogP contribution >= 0.6 is 31.9 Å². The molecule has 1 aromatic rings. The average Bonchev–Trinajstić information content (AvgIpc) is 2.33. The molecule has 0 bridgehead atoms. The van der Waals surface area contributed by atoms with Crippen molar-refractivity contribution in [3.05, 3.63) is 50.8 Å². The van der Waals surface area contributed by atoms with Gasteiger partial charge in [0.2, 0.25) is 4.69 Å². The molecule has 1 nitrogen and oxygen atoms in total. The lowest BCUT2D eigenvalue weighted by Gasteiger charge is -2.30. The highest BCUT2D eigenvalue weighted by Crippen LogP contribution is 2.36. The van der Waals surface area contributed by atoms with E-state index in [0.29, 0.717) is 0 Å². The van der Waals surface area contributed by atoms with Crippen LogP contribution in [0.3, 0.4) is 0 Å². The van der Waals surface area contributed by atoms with Gasteiger partial charge < -0.3 is 0 Å². The van der Waals surface area contributed by atoms with Crippen LogP contribution in [0.25, 0.3) is 6.08 Å². The van der Waals surface area contributed by atoms with E-state index < -0.39 is 16.1 Å². The highest BCUT2D eigenvalue weighted by molar-refractivity contribution is 9.18. The summed E-state index contributed by atoms with van der Waals surface area (Å²) in [6.07, 6.45) is 2.13. The van der Waals surface area contributed by atoms with Crippen LogP contribution in [0.5, 0.6) is 0 Å². The normalized spacial score (nSPS) is 14.6. The van der Waals surface area contributed by atoms with Crippen molar-refractivity contribution >= 4 is 58.8 Å². The van der Waals surface area contributed by atoms with Crippen LogP contribution in [0.15, 0.2) is 45.2 Å². The fourth-order valence-corrected chi connectivity index (χ4v) is 12.4. The molecule has 0 aliphatic rings. The van der Waals surface area contributed by atoms with Gasteiger partial charge in [-0.25, -0.2) is 0 Å². The first-order valence-electron chi connectivity index (χ1n) is 7.32. The van der Waals surface area contributed by atoms with Gasteiger partial charge in [-0.05, 0) is 38.0 Å². The van der Waals surface area contributed by atoms with Gasteiger partial charge >= 0.3 is 0 Å². The maximum atomic E-state index is 12.3. The van der Waals surface area contributed by atoms with Crippen molar-refractivity contribution in [3.8, 4) is 0 Å². The molecule has 0 fully saturated rings. The number of halogens is 2. The van der Waals surface area contributed by atoms with Crippen molar-refractivity contribution in [2.45, 2.75) is 39.3 Å². The summed E-state index contributed by atoms with van der Waals surface area (Å²) >= 11 is 7.00. The van der Waals surface area contributed by atoms with E-state index in [4.69, 9.17) is 0 Å². The Balaban J connectivity index is 3.61.